The molecule has 1 unspecified atom stereocenters. The molecule has 1 aromatic rings. The average Bonchev–Trinajstić information content (AvgIpc) is 2.34. The Kier molecular flexibility index (Phi) is 6.09. The number of nitrogens with one attached hydrogen (secondary N) is 1. The molecule has 7 heteroatoms. The molecule has 20 heavy (non-hydrogen) atoms. The van der Waals surface area contributed by atoms with Crippen LogP contribution in [0, 0.1) is 16.0 Å². The molecule has 6 nitrogen and oxygen atoms in total. The van der Waals surface area contributed by atoms with Crippen molar-refractivity contribution >= 4 is 27.6 Å². The Bertz CT molecular complexity index is 505. The Morgan fingerprint density at radius 1 is 1.50 bits per heavy atom. The van der Waals surface area contributed by atoms with Crippen molar-refractivity contribution in [3.63, 3.8) is 0 Å². The highest BCUT2D eigenvalue weighted by molar-refractivity contribution is 9.10. The minimum absolute atomic E-state index is 0.0277. The summed E-state index contributed by atoms with van der Waals surface area (Å²) in [6.07, 6.45) is 0.508. The van der Waals surface area contributed by atoms with E-state index in [4.69, 9.17) is 5.11 Å². The number of benzene rings is 1. The van der Waals surface area contributed by atoms with Crippen LogP contribution in [0.25, 0.3) is 0 Å². The average molecular weight is 345 g/mol. The molecule has 1 rings (SSSR count). The summed E-state index contributed by atoms with van der Waals surface area (Å²) in [5, 5.41) is 22.9. The molecule has 110 valence electrons. The van der Waals surface area contributed by atoms with Crippen molar-refractivity contribution in [1.29, 1.82) is 0 Å². The van der Waals surface area contributed by atoms with Gasteiger partial charge in [0.15, 0.2) is 0 Å². The van der Waals surface area contributed by atoms with E-state index in [1.165, 1.54) is 6.07 Å². The Balaban J connectivity index is 2.75. The van der Waals surface area contributed by atoms with Gasteiger partial charge in [0.2, 0.25) is 0 Å². The number of carboxylic acid groups (broad SMARTS) is 1. The third kappa shape index (κ3) is 4.90. The van der Waals surface area contributed by atoms with E-state index in [2.05, 4.69) is 21.2 Å². The summed E-state index contributed by atoms with van der Waals surface area (Å²) in [6.45, 7) is 4.17. The molecule has 2 N–H and O–H groups in total. The van der Waals surface area contributed by atoms with Crippen molar-refractivity contribution in [1.82, 2.24) is 5.32 Å². The molecular formula is C13H17BrN2O4. The van der Waals surface area contributed by atoms with Crippen LogP contribution in [-0.4, -0.2) is 22.0 Å². The van der Waals surface area contributed by atoms with E-state index in [0.29, 0.717) is 16.5 Å². The van der Waals surface area contributed by atoms with Crippen molar-refractivity contribution in [3.05, 3.63) is 38.3 Å². The lowest BCUT2D eigenvalue weighted by Crippen LogP contribution is -2.37. The SMILES string of the molecule is CC(C)CC(NCc1ccc(Br)c([N+](=O)[O-])c1)C(=O)O. The number of carbonyl (C=O) groups is 1. The Morgan fingerprint density at radius 3 is 2.65 bits per heavy atom. The van der Waals surface area contributed by atoms with Crippen LogP contribution in [-0.2, 0) is 11.3 Å². The van der Waals surface area contributed by atoms with E-state index >= 15 is 0 Å². The van der Waals surface area contributed by atoms with Gasteiger partial charge in [0.1, 0.15) is 6.04 Å². The van der Waals surface area contributed by atoms with Crippen molar-refractivity contribution in [3.8, 4) is 0 Å². The van der Waals surface area contributed by atoms with Crippen LogP contribution in [0.3, 0.4) is 0 Å². The molecule has 0 aliphatic carbocycles. The molecule has 0 amide bonds. The zero-order chi connectivity index (χ0) is 15.3. The topological polar surface area (TPSA) is 92.5 Å². The first-order valence-corrected chi connectivity index (χ1v) is 6.99. The first kappa shape index (κ1) is 16.6. The fraction of sp³-hybridized carbons (Fsp3) is 0.462. The van der Waals surface area contributed by atoms with E-state index in [-0.39, 0.29) is 18.2 Å². The highest BCUT2D eigenvalue weighted by Gasteiger charge is 2.19. The molecule has 0 saturated carbocycles. The quantitative estimate of drug-likeness (QED) is 0.585. The van der Waals surface area contributed by atoms with Gasteiger partial charge in [-0.3, -0.25) is 14.9 Å². The molecule has 0 heterocycles. The Hall–Kier alpha value is -1.47. The van der Waals surface area contributed by atoms with Gasteiger partial charge in [-0.05, 0) is 39.9 Å². The number of rotatable bonds is 7. The molecule has 0 aromatic heterocycles. The molecule has 0 aliphatic heterocycles. The van der Waals surface area contributed by atoms with Crippen molar-refractivity contribution in [2.75, 3.05) is 0 Å². The summed E-state index contributed by atoms with van der Waals surface area (Å²) in [5.41, 5.74) is 0.648. The summed E-state index contributed by atoms with van der Waals surface area (Å²) in [4.78, 5) is 21.5. The maximum atomic E-state index is 11.1. The number of halogens is 1. The van der Waals surface area contributed by atoms with Crippen molar-refractivity contribution in [2.45, 2.75) is 32.9 Å². The first-order chi connectivity index (χ1) is 9.31. The van der Waals surface area contributed by atoms with Crippen LogP contribution in [0.15, 0.2) is 22.7 Å². The smallest absolute Gasteiger partial charge is 0.320 e. The van der Waals surface area contributed by atoms with Crippen LogP contribution in [0.2, 0.25) is 0 Å². The van der Waals surface area contributed by atoms with Gasteiger partial charge in [-0.15, -0.1) is 0 Å². The van der Waals surface area contributed by atoms with E-state index < -0.39 is 16.9 Å². The minimum Gasteiger partial charge on any atom is -0.480 e. The van der Waals surface area contributed by atoms with E-state index in [0.717, 1.165) is 0 Å². The third-order valence-electron chi connectivity index (χ3n) is 2.77. The number of carboxylic acids is 1. The van der Waals surface area contributed by atoms with Gasteiger partial charge >= 0.3 is 5.97 Å². The summed E-state index contributed by atoms with van der Waals surface area (Å²) >= 11 is 3.11. The summed E-state index contributed by atoms with van der Waals surface area (Å²) < 4.78 is 0.406. The number of nitrogens with zero attached hydrogens (tertiary/aromatic N) is 1. The first-order valence-electron chi connectivity index (χ1n) is 6.20. The second kappa shape index (κ2) is 7.35. The van der Waals surface area contributed by atoms with Gasteiger partial charge < -0.3 is 10.4 Å². The van der Waals surface area contributed by atoms with E-state index in [1.54, 1.807) is 12.1 Å². The summed E-state index contributed by atoms with van der Waals surface area (Å²) in [6, 6.07) is 4.09. The fourth-order valence-corrected chi connectivity index (χ4v) is 2.18. The fourth-order valence-electron chi connectivity index (χ4n) is 1.79. The lowest BCUT2D eigenvalue weighted by Gasteiger charge is -2.16. The van der Waals surface area contributed by atoms with Gasteiger partial charge in [-0.1, -0.05) is 19.9 Å². The zero-order valence-corrected chi connectivity index (χ0v) is 12.9. The summed E-state index contributed by atoms with van der Waals surface area (Å²) in [7, 11) is 0. The second-order valence-electron chi connectivity index (χ2n) is 4.94. The molecule has 0 saturated heterocycles. The number of hydrogen-bond acceptors (Lipinski definition) is 4. The second-order valence-corrected chi connectivity index (χ2v) is 5.80. The predicted octanol–water partition coefficient (Wildman–Crippen LogP) is 2.95. The normalized spacial score (nSPS) is 12.4. The molecule has 0 spiro atoms. The van der Waals surface area contributed by atoms with Crippen LogP contribution in [0.5, 0.6) is 0 Å². The van der Waals surface area contributed by atoms with Gasteiger partial charge in [0, 0.05) is 12.6 Å². The standard InChI is InChI=1S/C13H17BrN2O4/c1-8(2)5-11(13(17)18)15-7-9-3-4-10(14)12(6-9)16(19)20/h3-4,6,8,11,15H,5,7H2,1-2H3,(H,17,18). The van der Waals surface area contributed by atoms with Crippen LogP contribution in [0.1, 0.15) is 25.8 Å². The molecule has 0 fully saturated rings. The largest absolute Gasteiger partial charge is 0.480 e. The maximum Gasteiger partial charge on any atom is 0.320 e. The molecule has 1 aromatic carbocycles. The van der Waals surface area contributed by atoms with E-state index in [1.807, 2.05) is 13.8 Å². The minimum atomic E-state index is -0.912. The van der Waals surface area contributed by atoms with Crippen molar-refractivity contribution in [2.24, 2.45) is 5.92 Å². The highest BCUT2D eigenvalue weighted by Crippen LogP contribution is 2.25. The number of hydrogen-bond donors (Lipinski definition) is 2. The lowest BCUT2D eigenvalue weighted by atomic mass is 10.0. The number of nitro groups is 1. The zero-order valence-electron chi connectivity index (χ0n) is 11.3. The van der Waals surface area contributed by atoms with E-state index in [9.17, 15) is 14.9 Å². The van der Waals surface area contributed by atoms with Gasteiger partial charge in [0.25, 0.3) is 5.69 Å². The third-order valence-corrected chi connectivity index (χ3v) is 3.44. The highest BCUT2D eigenvalue weighted by atomic mass is 79.9. The number of aliphatic carboxylic acids is 1. The van der Waals surface area contributed by atoms with Crippen LogP contribution in [0.4, 0.5) is 5.69 Å². The molecule has 0 bridgehead atoms. The van der Waals surface area contributed by atoms with Crippen LogP contribution < -0.4 is 5.32 Å². The Labute approximate surface area is 125 Å². The van der Waals surface area contributed by atoms with Crippen molar-refractivity contribution < 1.29 is 14.8 Å². The maximum absolute atomic E-state index is 11.1. The molecule has 1 atom stereocenters. The monoisotopic (exact) mass is 344 g/mol. The Morgan fingerprint density at radius 2 is 2.15 bits per heavy atom. The van der Waals surface area contributed by atoms with Gasteiger partial charge in [0.05, 0.1) is 9.40 Å². The molecule has 0 radical (unpaired) electrons. The number of nitro benzene ring substituents is 1. The molecular weight excluding hydrogens is 328 g/mol. The summed E-state index contributed by atoms with van der Waals surface area (Å²) in [5.74, 6) is -0.659. The van der Waals surface area contributed by atoms with Crippen LogP contribution >= 0.6 is 15.9 Å². The van der Waals surface area contributed by atoms with Gasteiger partial charge in [-0.25, -0.2) is 0 Å². The molecule has 0 aliphatic rings. The lowest BCUT2D eigenvalue weighted by molar-refractivity contribution is -0.385. The predicted molar refractivity (Wildman–Crippen MR) is 78.5 cm³/mol. The van der Waals surface area contributed by atoms with Gasteiger partial charge in [-0.2, -0.15) is 0 Å².